The number of hydrogen-bond donors (Lipinski definition) is 1. The van der Waals surface area contributed by atoms with Crippen molar-refractivity contribution in [1.82, 2.24) is 4.90 Å². The normalized spacial score (nSPS) is 10.2. The summed E-state index contributed by atoms with van der Waals surface area (Å²) in [6.45, 7) is 5.08. The van der Waals surface area contributed by atoms with Gasteiger partial charge in [-0.05, 0) is 31.5 Å². The second-order valence-electron chi connectivity index (χ2n) is 3.58. The number of amides is 1. The van der Waals surface area contributed by atoms with Crippen LogP contribution in [0.15, 0.2) is 18.2 Å². The summed E-state index contributed by atoms with van der Waals surface area (Å²) in [4.78, 5) is 13.8. The molecule has 0 aliphatic rings. The van der Waals surface area contributed by atoms with Crippen molar-refractivity contribution >= 4 is 21.8 Å². The summed E-state index contributed by atoms with van der Waals surface area (Å²) < 4.78 is 0. The smallest absolute Gasteiger partial charge is 0.254 e. The van der Waals surface area contributed by atoms with Gasteiger partial charge in [0.05, 0.1) is 0 Å². The lowest BCUT2D eigenvalue weighted by Crippen LogP contribution is -2.32. The van der Waals surface area contributed by atoms with Crippen molar-refractivity contribution in [3.8, 4) is 5.75 Å². The third-order valence-electron chi connectivity index (χ3n) is 2.48. The number of phenolic OH excluding ortho intramolecular Hbond substituents is 1. The van der Waals surface area contributed by atoms with Crippen molar-refractivity contribution in [1.29, 1.82) is 0 Å². The van der Waals surface area contributed by atoms with Gasteiger partial charge in [-0.1, -0.05) is 22.0 Å². The second-order valence-corrected chi connectivity index (χ2v) is 4.37. The molecule has 0 aromatic heterocycles. The molecule has 0 heterocycles. The average molecular weight is 286 g/mol. The molecule has 0 fully saturated rings. The van der Waals surface area contributed by atoms with Gasteiger partial charge in [-0.25, -0.2) is 0 Å². The standard InChI is InChI=1S/C12H16BrNO2/c1-3-14(7-6-13)12(16)10-5-4-9(2)11(15)8-10/h4-5,8,15H,3,6-7H2,1-2H3. The van der Waals surface area contributed by atoms with E-state index in [1.165, 1.54) is 6.07 Å². The van der Waals surface area contributed by atoms with E-state index in [2.05, 4.69) is 15.9 Å². The van der Waals surface area contributed by atoms with Crippen LogP contribution in [0.4, 0.5) is 0 Å². The van der Waals surface area contributed by atoms with Crippen molar-refractivity contribution in [3.63, 3.8) is 0 Å². The number of hydrogen-bond acceptors (Lipinski definition) is 2. The first kappa shape index (κ1) is 13.0. The fourth-order valence-electron chi connectivity index (χ4n) is 1.43. The van der Waals surface area contributed by atoms with Crippen LogP contribution in [0.1, 0.15) is 22.8 Å². The van der Waals surface area contributed by atoms with Gasteiger partial charge in [-0.3, -0.25) is 4.79 Å². The number of phenols is 1. The zero-order valence-corrected chi connectivity index (χ0v) is 11.1. The highest BCUT2D eigenvalue weighted by Crippen LogP contribution is 2.18. The van der Waals surface area contributed by atoms with E-state index in [1.54, 1.807) is 24.0 Å². The molecule has 4 heteroatoms. The zero-order valence-electron chi connectivity index (χ0n) is 9.53. The van der Waals surface area contributed by atoms with Gasteiger partial charge in [0.2, 0.25) is 0 Å². The Hall–Kier alpha value is -1.03. The molecule has 0 spiro atoms. The molecule has 3 nitrogen and oxygen atoms in total. The minimum absolute atomic E-state index is 0.0442. The lowest BCUT2D eigenvalue weighted by molar-refractivity contribution is 0.0774. The molecule has 0 aliphatic carbocycles. The maximum Gasteiger partial charge on any atom is 0.254 e. The van der Waals surface area contributed by atoms with E-state index in [9.17, 15) is 9.90 Å². The monoisotopic (exact) mass is 285 g/mol. The predicted octanol–water partition coefficient (Wildman–Crippen LogP) is 2.56. The average Bonchev–Trinajstić information content (AvgIpc) is 2.28. The molecule has 16 heavy (non-hydrogen) atoms. The first-order valence-electron chi connectivity index (χ1n) is 5.25. The van der Waals surface area contributed by atoms with E-state index >= 15 is 0 Å². The molecule has 0 unspecified atom stereocenters. The molecule has 88 valence electrons. The third kappa shape index (κ3) is 2.98. The molecule has 1 aromatic carbocycles. The number of aromatic hydroxyl groups is 1. The van der Waals surface area contributed by atoms with E-state index in [1.807, 2.05) is 6.92 Å². The number of aryl methyl sites for hydroxylation is 1. The molecule has 0 bridgehead atoms. The summed E-state index contributed by atoms with van der Waals surface area (Å²) in [6, 6.07) is 5.02. The van der Waals surface area contributed by atoms with Gasteiger partial charge in [-0.15, -0.1) is 0 Å². The van der Waals surface area contributed by atoms with E-state index in [0.717, 1.165) is 10.9 Å². The van der Waals surface area contributed by atoms with Gasteiger partial charge >= 0.3 is 0 Å². The zero-order chi connectivity index (χ0) is 12.1. The van der Waals surface area contributed by atoms with Crippen LogP contribution in [0.5, 0.6) is 5.75 Å². The summed E-state index contributed by atoms with van der Waals surface area (Å²) in [6.07, 6.45) is 0. The van der Waals surface area contributed by atoms with Gasteiger partial charge in [0.25, 0.3) is 5.91 Å². The number of alkyl halides is 1. The minimum atomic E-state index is -0.0442. The number of rotatable bonds is 4. The van der Waals surface area contributed by atoms with Crippen molar-refractivity contribution < 1.29 is 9.90 Å². The quantitative estimate of drug-likeness (QED) is 0.864. The maximum atomic E-state index is 12.0. The van der Waals surface area contributed by atoms with Crippen LogP contribution in [-0.4, -0.2) is 34.3 Å². The Morgan fingerprint density at radius 2 is 2.19 bits per heavy atom. The van der Waals surface area contributed by atoms with Gasteiger partial charge in [-0.2, -0.15) is 0 Å². The summed E-state index contributed by atoms with van der Waals surface area (Å²) in [5, 5.41) is 10.3. The Labute approximate surface area is 104 Å². The summed E-state index contributed by atoms with van der Waals surface area (Å²) in [5.41, 5.74) is 1.31. The number of nitrogens with zero attached hydrogens (tertiary/aromatic N) is 1. The van der Waals surface area contributed by atoms with Gasteiger partial charge in [0, 0.05) is 24.0 Å². The van der Waals surface area contributed by atoms with Crippen molar-refractivity contribution in [2.75, 3.05) is 18.4 Å². The number of carbonyl (C=O) groups excluding carboxylic acids is 1. The molecule has 1 N–H and O–H groups in total. The van der Waals surface area contributed by atoms with E-state index in [4.69, 9.17) is 0 Å². The summed E-state index contributed by atoms with van der Waals surface area (Å²) in [5.74, 6) is 0.123. The largest absolute Gasteiger partial charge is 0.508 e. The highest BCUT2D eigenvalue weighted by Gasteiger charge is 2.14. The SMILES string of the molecule is CCN(CCBr)C(=O)c1ccc(C)c(O)c1. The summed E-state index contributed by atoms with van der Waals surface area (Å²) >= 11 is 3.31. The third-order valence-corrected chi connectivity index (χ3v) is 2.83. The topological polar surface area (TPSA) is 40.5 Å². The van der Waals surface area contributed by atoms with Crippen molar-refractivity contribution in [2.45, 2.75) is 13.8 Å². The molecule has 0 saturated carbocycles. The van der Waals surface area contributed by atoms with Crippen molar-refractivity contribution in [2.24, 2.45) is 0 Å². The van der Waals surface area contributed by atoms with Crippen LogP contribution < -0.4 is 0 Å². The van der Waals surface area contributed by atoms with Crippen LogP contribution in [0.25, 0.3) is 0 Å². The van der Waals surface area contributed by atoms with Crippen LogP contribution in [0.3, 0.4) is 0 Å². The first-order chi connectivity index (χ1) is 7.60. The molecular formula is C12H16BrNO2. The molecule has 0 radical (unpaired) electrons. The summed E-state index contributed by atoms with van der Waals surface area (Å²) in [7, 11) is 0. The fourth-order valence-corrected chi connectivity index (χ4v) is 1.86. The maximum absolute atomic E-state index is 12.0. The van der Waals surface area contributed by atoms with Gasteiger partial charge in [0.1, 0.15) is 5.75 Å². The highest BCUT2D eigenvalue weighted by atomic mass is 79.9. The minimum Gasteiger partial charge on any atom is -0.508 e. The Kier molecular flexibility index (Phi) is 4.80. The molecular weight excluding hydrogens is 270 g/mol. The van der Waals surface area contributed by atoms with E-state index < -0.39 is 0 Å². The number of carbonyl (C=O) groups is 1. The predicted molar refractivity (Wildman–Crippen MR) is 68.2 cm³/mol. The molecule has 0 atom stereocenters. The molecule has 0 aliphatic heterocycles. The van der Waals surface area contributed by atoms with Gasteiger partial charge < -0.3 is 10.0 Å². The lowest BCUT2D eigenvalue weighted by atomic mass is 10.1. The lowest BCUT2D eigenvalue weighted by Gasteiger charge is -2.19. The first-order valence-corrected chi connectivity index (χ1v) is 6.37. The molecule has 1 rings (SSSR count). The Balaban J connectivity index is 2.90. The Bertz CT molecular complexity index is 379. The van der Waals surface area contributed by atoms with E-state index in [-0.39, 0.29) is 11.7 Å². The van der Waals surface area contributed by atoms with Crippen LogP contribution in [0, 0.1) is 6.92 Å². The highest BCUT2D eigenvalue weighted by molar-refractivity contribution is 9.09. The molecule has 1 aromatic rings. The Morgan fingerprint density at radius 3 is 2.69 bits per heavy atom. The molecule has 0 saturated heterocycles. The molecule has 1 amide bonds. The second kappa shape index (κ2) is 5.89. The number of halogens is 1. The van der Waals surface area contributed by atoms with Crippen LogP contribution in [-0.2, 0) is 0 Å². The fraction of sp³-hybridized carbons (Fsp3) is 0.417. The number of benzene rings is 1. The van der Waals surface area contributed by atoms with Crippen LogP contribution >= 0.6 is 15.9 Å². The van der Waals surface area contributed by atoms with E-state index in [0.29, 0.717) is 18.7 Å². The van der Waals surface area contributed by atoms with Gasteiger partial charge in [0.15, 0.2) is 0 Å². The Morgan fingerprint density at radius 1 is 1.50 bits per heavy atom. The van der Waals surface area contributed by atoms with Crippen LogP contribution in [0.2, 0.25) is 0 Å². The van der Waals surface area contributed by atoms with Crippen molar-refractivity contribution in [3.05, 3.63) is 29.3 Å².